The van der Waals surface area contributed by atoms with Gasteiger partial charge in [-0.2, -0.15) is 11.8 Å². The standard InChI is InChI=1S/C18H28N2O2S2/c21-24(22,15-16-5-2-1-3-6-16)19-13-17-7-4-10-20(14-17)18-8-11-23-12-9-18/h1-3,5-6,17-19H,4,7-15H2. The van der Waals surface area contributed by atoms with E-state index in [0.717, 1.165) is 24.6 Å². The van der Waals surface area contributed by atoms with Gasteiger partial charge in [0.15, 0.2) is 0 Å². The highest BCUT2D eigenvalue weighted by Crippen LogP contribution is 2.26. The summed E-state index contributed by atoms with van der Waals surface area (Å²) in [5.41, 5.74) is 0.843. The Bertz CT molecular complexity index is 601. The van der Waals surface area contributed by atoms with Gasteiger partial charge in [0.2, 0.25) is 10.0 Å². The molecule has 1 aromatic carbocycles. The zero-order chi connectivity index (χ0) is 16.8. The SMILES string of the molecule is O=S(=O)(Cc1ccccc1)NCC1CCCN(C2CCSCC2)C1. The van der Waals surface area contributed by atoms with Gasteiger partial charge in [0.25, 0.3) is 0 Å². The molecule has 0 aliphatic carbocycles. The number of hydrogen-bond acceptors (Lipinski definition) is 4. The molecule has 2 heterocycles. The van der Waals surface area contributed by atoms with Crippen molar-refractivity contribution in [1.82, 2.24) is 9.62 Å². The fraction of sp³-hybridized carbons (Fsp3) is 0.667. The molecule has 1 unspecified atom stereocenters. The monoisotopic (exact) mass is 368 g/mol. The van der Waals surface area contributed by atoms with Crippen LogP contribution in [-0.2, 0) is 15.8 Å². The van der Waals surface area contributed by atoms with E-state index in [2.05, 4.69) is 21.4 Å². The lowest BCUT2D eigenvalue weighted by Crippen LogP contribution is -2.46. The van der Waals surface area contributed by atoms with Gasteiger partial charge in [-0.3, -0.25) is 0 Å². The fourth-order valence-corrected chi connectivity index (χ4v) is 6.04. The highest BCUT2D eigenvalue weighted by atomic mass is 32.2. The Hall–Kier alpha value is -0.560. The molecular weight excluding hydrogens is 340 g/mol. The Kier molecular flexibility index (Phi) is 6.61. The largest absolute Gasteiger partial charge is 0.300 e. The molecule has 2 fully saturated rings. The smallest absolute Gasteiger partial charge is 0.215 e. The van der Waals surface area contributed by atoms with E-state index in [9.17, 15) is 8.42 Å². The molecule has 0 bridgehead atoms. The van der Waals surface area contributed by atoms with Crippen LogP contribution in [0.15, 0.2) is 30.3 Å². The number of sulfonamides is 1. The van der Waals surface area contributed by atoms with E-state index in [1.54, 1.807) is 0 Å². The Morgan fingerprint density at radius 3 is 2.62 bits per heavy atom. The van der Waals surface area contributed by atoms with Gasteiger partial charge in [-0.15, -0.1) is 0 Å². The summed E-state index contributed by atoms with van der Waals surface area (Å²) in [7, 11) is -3.25. The van der Waals surface area contributed by atoms with Crippen LogP contribution in [0, 0.1) is 5.92 Å². The minimum Gasteiger partial charge on any atom is -0.300 e. The second-order valence-electron chi connectivity index (χ2n) is 6.94. The fourth-order valence-electron chi connectivity index (χ4n) is 3.74. The van der Waals surface area contributed by atoms with Crippen LogP contribution in [0.25, 0.3) is 0 Å². The van der Waals surface area contributed by atoms with Crippen molar-refractivity contribution >= 4 is 21.8 Å². The molecule has 2 saturated heterocycles. The van der Waals surface area contributed by atoms with Crippen LogP contribution < -0.4 is 4.72 Å². The highest BCUT2D eigenvalue weighted by molar-refractivity contribution is 7.99. The molecule has 4 nitrogen and oxygen atoms in total. The summed E-state index contributed by atoms with van der Waals surface area (Å²) in [6, 6.07) is 10.1. The first-order valence-electron chi connectivity index (χ1n) is 8.95. The normalized spacial score (nSPS) is 24.1. The maximum absolute atomic E-state index is 12.3. The maximum atomic E-state index is 12.3. The lowest BCUT2D eigenvalue weighted by molar-refractivity contribution is 0.118. The first-order valence-corrected chi connectivity index (χ1v) is 11.8. The molecular formula is C18H28N2O2S2. The van der Waals surface area contributed by atoms with Gasteiger partial charge in [0.1, 0.15) is 0 Å². The predicted octanol–water partition coefficient (Wildman–Crippen LogP) is 2.71. The first kappa shape index (κ1) is 18.2. The number of likely N-dealkylation sites (tertiary alicyclic amines) is 1. The Balaban J connectivity index is 1.48. The van der Waals surface area contributed by atoms with Gasteiger partial charge in [0, 0.05) is 19.1 Å². The molecule has 1 atom stereocenters. The van der Waals surface area contributed by atoms with Gasteiger partial charge >= 0.3 is 0 Å². The van der Waals surface area contributed by atoms with Crippen LogP contribution in [-0.4, -0.2) is 50.5 Å². The lowest BCUT2D eigenvalue weighted by atomic mass is 9.95. The summed E-state index contributed by atoms with van der Waals surface area (Å²) in [4.78, 5) is 2.61. The van der Waals surface area contributed by atoms with E-state index >= 15 is 0 Å². The summed E-state index contributed by atoms with van der Waals surface area (Å²) < 4.78 is 27.4. The average Bonchev–Trinajstić information content (AvgIpc) is 2.62. The molecule has 1 N–H and O–H groups in total. The van der Waals surface area contributed by atoms with E-state index in [-0.39, 0.29) is 5.75 Å². The van der Waals surface area contributed by atoms with E-state index in [1.807, 2.05) is 30.3 Å². The van der Waals surface area contributed by atoms with Crippen molar-refractivity contribution in [3.63, 3.8) is 0 Å². The van der Waals surface area contributed by atoms with Gasteiger partial charge < -0.3 is 4.90 Å². The molecule has 3 rings (SSSR count). The second kappa shape index (κ2) is 8.70. The van der Waals surface area contributed by atoms with E-state index in [0.29, 0.717) is 12.5 Å². The van der Waals surface area contributed by atoms with Crippen LogP contribution in [0.2, 0.25) is 0 Å². The van der Waals surface area contributed by atoms with Crippen molar-refractivity contribution in [2.24, 2.45) is 5.92 Å². The number of benzene rings is 1. The minimum atomic E-state index is -3.25. The predicted molar refractivity (Wildman–Crippen MR) is 102 cm³/mol. The second-order valence-corrected chi connectivity index (χ2v) is 9.97. The molecule has 0 aromatic heterocycles. The highest BCUT2D eigenvalue weighted by Gasteiger charge is 2.27. The third-order valence-electron chi connectivity index (χ3n) is 5.05. The molecule has 2 aliphatic heterocycles. The topological polar surface area (TPSA) is 49.4 Å². The molecule has 0 amide bonds. The summed E-state index contributed by atoms with van der Waals surface area (Å²) >= 11 is 2.06. The Morgan fingerprint density at radius 1 is 1.12 bits per heavy atom. The maximum Gasteiger partial charge on any atom is 0.215 e. The van der Waals surface area contributed by atoms with Gasteiger partial charge in [-0.25, -0.2) is 13.1 Å². The van der Waals surface area contributed by atoms with Crippen LogP contribution in [0.4, 0.5) is 0 Å². The van der Waals surface area contributed by atoms with Crippen molar-refractivity contribution in [1.29, 1.82) is 0 Å². The summed E-state index contributed by atoms with van der Waals surface area (Å²) in [5, 5.41) is 0. The summed E-state index contributed by atoms with van der Waals surface area (Å²) in [6.45, 7) is 2.80. The molecule has 134 valence electrons. The number of thioether (sulfide) groups is 1. The molecule has 0 spiro atoms. The van der Waals surface area contributed by atoms with Crippen molar-refractivity contribution in [3.05, 3.63) is 35.9 Å². The van der Waals surface area contributed by atoms with Crippen LogP contribution in [0.5, 0.6) is 0 Å². The zero-order valence-corrected chi connectivity index (χ0v) is 15.8. The average molecular weight is 369 g/mol. The number of nitrogens with one attached hydrogen (secondary N) is 1. The molecule has 2 aliphatic rings. The van der Waals surface area contributed by atoms with Crippen molar-refractivity contribution in [2.45, 2.75) is 37.5 Å². The first-order chi connectivity index (χ1) is 11.6. The van der Waals surface area contributed by atoms with E-state index < -0.39 is 10.0 Å². The molecule has 6 heteroatoms. The number of rotatable bonds is 6. The van der Waals surface area contributed by atoms with Gasteiger partial charge in [-0.05, 0) is 55.2 Å². The van der Waals surface area contributed by atoms with Gasteiger partial charge in [0.05, 0.1) is 5.75 Å². The quantitative estimate of drug-likeness (QED) is 0.839. The summed E-state index contributed by atoms with van der Waals surface area (Å²) in [5.74, 6) is 3.06. The van der Waals surface area contributed by atoms with E-state index in [4.69, 9.17) is 0 Å². The van der Waals surface area contributed by atoms with E-state index in [1.165, 1.54) is 37.3 Å². The Labute approximate surface area is 150 Å². The molecule has 0 saturated carbocycles. The summed E-state index contributed by atoms with van der Waals surface area (Å²) in [6.07, 6.45) is 4.90. The van der Waals surface area contributed by atoms with Crippen molar-refractivity contribution < 1.29 is 8.42 Å². The van der Waals surface area contributed by atoms with Gasteiger partial charge in [-0.1, -0.05) is 30.3 Å². The Morgan fingerprint density at radius 2 is 1.88 bits per heavy atom. The molecule has 1 aromatic rings. The third-order valence-corrected chi connectivity index (χ3v) is 7.42. The third kappa shape index (κ3) is 5.48. The number of nitrogens with zero attached hydrogens (tertiary/aromatic N) is 1. The molecule has 24 heavy (non-hydrogen) atoms. The number of hydrogen-bond donors (Lipinski definition) is 1. The van der Waals surface area contributed by atoms with Crippen molar-refractivity contribution in [3.8, 4) is 0 Å². The minimum absolute atomic E-state index is 0.0735. The van der Waals surface area contributed by atoms with Crippen LogP contribution in [0.1, 0.15) is 31.2 Å². The number of piperidine rings is 1. The lowest BCUT2D eigenvalue weighted by Gasteiger charge is -2.39. The van der Waals surface area contributed by atoms with Crippen molar-refractivity contribution in [2.75, 3.05) is 31.1 Å². The van der Waals surface area contributed by atoms with Crippen LogP contribution in [0.3, 0.4) is 0 Å². The molecule has 0 radical (unpaired) electrons. The zero-order valence-electron chi connectivity index (χ0n) is 14.2. The van der Waals surface area contributed by atoms with Crippen LogP contribution >= 0.6 is 11.8 Å².